The van der Waals surface area contributed by atoms with E-state index in [9.17, 15) is 15.0 Å². The summed E-state index contributed by atoms with van der Waals surface area (Å²) >= 11 is 0. The smallest absolute Gasteiger partial charge is 0.309 e. The fraction of sp³-hybridized carbons (Fsp3) is 0.188. The molecule has 1 atom stereocenters. The molecule has 2 aromatic rings. The molecule has 0 spiro atoms. The van der Waals surface area contributed by atoms with E-state index in [0.717, 1.165) is 0 Å². The lowest BCUT2D eigenvalue weighted by atomic mass is 9.77. The molecular weight excluding hydrogens is 240 g/mol. The Morgan fingerprint density at radius 3 is 1.63 bits per heavy atom. The Balaban J connectivity index is 2.61. The molecule has 0 fully saturated rings. The number of rotatable bonds is 4. The second kappa shape index (κ2) is 5.24. The minimum absolute atomic E-state index is 0.580. The topological polar surface area (TPSA) is 57.5 Å². The first kappa shape index (κ1) is 13.3. The van der Waals surface area contributed by atoms with Crippen molar-refractivity contribution in [2.24, 2.45) is 5.92 Å². The number of carboxylic acid groups (broad SMARTS) is 1. The molecule has 0 aliphatic carbocycles. The molecule has 0 saturated heterocycles. The summed E-state index contributed by atoms with van der Waals surface area (Å²) in [6, 6.07) is 17.8. The van der Waals surface area contributed by atoms with E-state index in [1.165, 1.54) is 6.92 Å². The lowest BCUT2D eigenvalue weighted by molar-refractivity contribution is -0.149. The van der Waals surface area contributed by atoms with Gasteiger partial charge < -0.3 is 10.2 Å². The van der Waals surface area contributed by atoms with Crippen LogP contribution in [0.5, 0.6) is 0 Å². The van der Waals surface area contributed by atoms with E-state index in [0.29, 0.717) is 11.1 Å². The Morgan fingerprint density at radius 1 is 0.947 bits per heavy atom. The van der Waals surface area contributed by atoms with Crippen LogP contribution in [0.15, 0.2) is 60.7 Å². The number of hydrogen-bond donors (Lipinski definition) is 2. The van der Waals surface area contributed by atoms with Crippen molar-refractivity contribution in [3.05, 3.63) is 71.8 Å². The third-order valence-electron chi connectivity index (χ3n) is 3.42. The molecule has 2 rings (SSSR count). The van der Waals surface area contributed by atoms with Crippen molar-refractivity contribution >= 4 is 5.97 Å². The maximum atomic E-state index is 11.3. The van der Waals surface area contributed by atoms with Crippen LogP contribution in [-0.4, -0.2) is 16.2 Å². The summed E-state index contributed by atoms with van der Waals surface area (Å²) in [7, 11) is 0. The summed E-state index contributed by atoms with van der Waals surface area (Å²) in [6.45, 7) is 1.52. The van der Waals surface area contributed by atoms with Crippen LogP contribution in [0.2, 0.25) is 0 Å². The maximum absolute atomic E-state index is 11.3. The molecule has 0 aliphatic heterocycles. The highest BCUT2D eigenvalue weighted by Crippen LogP contribution is 2.36. The minimum atomic E-state index is -1.53. The molecule has 98 valence electrons. The molecule has 19 heavy (non-hydrogen) atoms. The first-order valence-corrected chi connectivity index (χ1v) is 6.13. The molecule has 3 nitrogen and oxygen atoms in total. The summed E-state index contributed by atoms with van der Waals surface area (Å²) in [5, 5.41) is 20.3. The SMILES string of the molecule is CC(C(=O)O)C(O)(c1ccccc1)c1ccccc1. The van der Waals surface area contributed by atoms with Gasteiger partial charge in [0.15, 0.2) is 0 Å². The molecule has 0 aromatic heterocycles. The van der Waals surface area contributed by atoms with E-state index in [2.05, 4.69) is 0 Å². The normalized spacial score (nSPS) is 12.9. The average Bonchev–Trinajstić information content (AvgIpc) is 2.47. The molecule has 0 radical (unpaired) electrons. The Kier molecular flexibility index (Phi) is 3.67. The molecule has 1 unspecified atom stereocenters. The quantitative estimate of drug-likeness (QED) is 0.884. The van der Waals surface area contributed by atoms with Crippen LogP contribution in [0, 0.1) is 5.92 Å². The van der Waals surface area contributed by atoms with E-state index in [-0.39, 0.29) is 0 Å². The molecule has 2 N–H and O–H groups in total. The molecule has 0 bridgehead atoms. The van der Waals surface area contributed by atoms with Gasteiger partial charge in [0.05, 0.1) is 5.92 Å². The zero-order valence-corrected chi connectivity index (χ0v) is 10.7. The first-order chi connectivity index (χ1) is 9.06. The van der Waals surface area contributed by atoms with Crippen molar-refractivity contribution in [2.45, 2.75) is 12.5 Å². The maximum Gasteiger partial charge on any atom is 0.309 e. The highest BCUT2D eigenvalue weighted by Gasteiger charge is 2.41. The van der Waals surface area contributed by atoms with Crippen molar-refractivity contribution < 1.29 is 15.0 Å². The van der Waals surface area contributed by atoms with E-state index < -0.39 is 17.5 Å². The first-order valence-electron chi connectivity index (χ1n) is 6.13. The Morgan fingerprint density at radius 2 is 1.32 bits per heavy atom. The number of benzene rings is 2. The van der Waals surface area contributed by atoms with Crippen LogP contribution in [0.1, 0.15) is 18.1 Å². The van der Waals surface area contributed by atoms with Gasteiger partial charge in [0, 0.05) is 0 Å². The fourth-order valence-corrected chi connectivity index (χ4v) is 2.23. The summed E-state index contributed by atoms with van der Waals surface area (Å²) in [6.07, 6.45) is 0. The van der Waals surface area contributed by atoms with Crippen molar-refractivity contribution in [2.75, 3.05) is 0 Å². The second-order valence-corrected chi connectivity index (χ2v) is 4.56. The lowest BCUT2D eigenvalue weighted by Gasteiger charge is -2.33. The second-order valence-electron chi connectivity index (χ2n) is 4.56. The van der Waals surface area contributed by atoms with Gasteiger partial charge in [-0.25, -0.2) is 0 Å². The summed E-state index contributed by atoms with van der Waals surface area (Å²) < 4.78 is 0. The zero-order valence-electron chi connectivity index (χ0n) is 10.7. The van der Waals surface area contributed by atoms with Gasteiger partial charge >= 0.3 is 5.97 Å². The number of aliphatic carboxylic acids is 1. The standard InChI is InChI=1S/C16H16O3/c1-12(15(17)18)16(19,13-8-4-2-5-9-13)14-10-6-3-7-11-14/h2-12,19H,1H3,(H,17,18). The third kappa shape index (κ3) is 2.37. The van der Waals surface area contributed by atoms with Gasteiger partial charge in [0.25, 0.3) is 0 Å². The van der Waals surface area contributed by atoms with Crippen LogP contribution < -0.4 is 0 Å². The van der Waals surface area contributed by atoms with E-state index in [1.54, 1.807) is 48.5 Å². The van der Waals surface area contributed by atoms with Crippen molar-refractivity contribution in [1.82, 2.24) is 0 Å². The molecule has 0 amide bonds. The summed E-state index contributed by atoms with van der Waals surface area (Å²) in [5.74, 6) is -1.98. The van der Waals surface area contributed by atoms with Crippen LogP contribution in [0.3, 0.4) is 0 Å². The van der Waals surface area contributed by atoms with Gasteiger partial charge in [0.2, 0.25) is 0 Å². The molecule has 0 aliphatic rings. The van der Waals surface area contributed by atoms with E-state index in [1.807, 2.05) is 12.1 Å². The number of aliphatic hydroxyl groups is 1. The Bertz CT molecular complexity index is 509. The Hall–Kier alpha value is -2.13. The molecule has 3 heteroatoms. The summed E-state index contributed by atoms with van der Waals surface area (Å²) in [5.41, 5.74) is -0.374. The monoisotopic (exact) mass is 256 g/mol. The predicted octanol–water partition coefficient (Wildman–Crippen LogP) is 2.64. The van der Waals surface area contributed by atoms with Crippen molar-refractivity contribution in [1.29, 1.82) is 0 Å². The van der Waals surface area contributed by atoms with Gasteiger partial charge in [-0.15, -0.1) is 0 Å². The van der Waals surface area contributed by atoms with Crippen molar-refractivity contribution in [3.63, 3.8) is 0 Å². The minimum Gasteiger partial charge on any atom is -0.481 e. The van der Waals surface area contributed by atoms with Gasteiger partial charge in [-0.05, 0) is 18.1 Å². The van der Waals surface area contributed by atoms with Crippen molar-refractivity contribution in [3.8, 4) is 0 Å². The number of hydrogen-bond acceptors (Lipinski definition) is 2. The lowest BCUT2D eigenvalue weighted by Crippen LogP contribution is -2.39. The number of carbonyl (C=O) groups is 1. The predicted molar refractivity (Wildman–Crippen MR) is 72.7 cm³/mol. The molecule has 0 saturated carbocycles. The van der Waals surface area contributed by atoms with Crippen LogP contribution in [0.4, 0.5) is 0 Å². The highest BCUT2D eigenvalue weighted by atomic mass is 16.4. The largest absolute Gasteiger partial charge is 0.481 e. The van der Waals surface area contributed by atoms with Gasteiger partial charge in [-0.3, -0.25) is 4.79 Å². The zero-order chi connectivity index (χ0) is 13.9. The summed E-state index contributed by atoms with van der Waals surface area (Å²) in [4.78, 5) is 11.3. The van der Waals surface area contributed by atoms with Crippen LogP contribution in [0.25, 0.3) is 0 Å². The molecular formula is C16H16O3. The third-order valence-corrected chi connectivity index (χ3v) is 3.42. The highest BCUT2D eigenvalue weighted by molar-refractivity contribution is 5.72. The van der Waals surface area contributed by atoms with Crippen LogP contribution >= 0.6 is 0 Å². The fourth-order valence-electron chi connectivity index (χ4n) is 2.23. The Labute approximate surface area is 112 Å². The van der Waals surface area contributed by atoms with E-state index in [4.69, 9.17) is 0 Å². The van der Waals surface area contributed by atoms with Gasteiger partial charge in [-0.2, -0.15) is 0 Å². The van der Waals surface area contributed by atoms with Gasteiger partial charge in [0.1, 0.15) is 5.60 Å². The average molecular weight is 256 g/mol. The van der Waals surface area contributed by atoms with Gasteiger partial charge in [-0.1, -0.05) is 60.7 Å². The van der Waals surface area contributed by atoms with E-state index >= 15 is 0 Å². The molecule has 0 heterocycles. The molecule has 2 aromatic carbocycles. The van der Waals surface area contributed by atoms with Crippen LogP contribution in [-0.2, 0) is 10.4 Å². The number of carboxylic acids is 1.